The Morgan fingerprint density at radius 3 is 1.36 bits per heavy atom. The zero-order valence-corrected chi connectivity index (χ0v) is 57.5. The maximum atomic E-state index is 13.0. The molecule has 104 heavy (non-hydrogen) atoms. The number of hydrogen-bond donors (Lipinski definition) is 2. The maximum Gasteiger partial charge on any atom is 1.00 e. The number of fused-ring (bicyclic) bond motifs is 3. The number of aromatic amines is 1. The summed E-state index contributed by atoms with van der Waals surface area (Å²) in [5, 5.41) is 29.4. The summed E-state index contributed by atoms with van der Waals surface area (Å²) in [5.41, 5.74) is 6.81. The summed E-state index contributed by atoms with van der Waals surface area (Å²) in [7, 11) is 3.92. The summed E-state index contributed by atoms with van der Waals surface area (Å²) < 4.78 is 146. The van der Waals surface area contributed by atoms with E-state index in [9.17, 15) is 63.5 Å². The number of Topliss-reactive ketones (excluding diaryl/α,β-unsaturated/α-hetero) is 1. The van der Waals surface area contributed by atoms with Crippen molar-refractivity contribution >= 4 is 86.7 Å². The summed E-state index contributed by atoms with van der Waals surface area (Å²) in [4.78, 5) is 62.0. The number of hydrogen-bond acceptors (Lipinski definition) is 13. The molecule has 17 nitrogen and oxygen atoms in total. The number of carbonyl (C=O) groups excluding carboxylic acids is 5. The molecule has 0 spiro atoms. The quantitative estimate of drug-likeness (QED) is 0.0288. The first kappa shape index (κ1) is 81.1. The average molecular weight is 1500 g/mol. The molecule has 3 N–H and O–H groups in total. The van der Waals surface area contributed by atoms with Gasteiger partial charge in [-0.05, 0) is 180 Å². The zero-order chi connectivity index (χ0) is 73.1. The predicted octanol–water partition coefficient (Wildman–Crippen LogP) is 15.2. The summed E-state index contributed by atoms with van der Waals surface area (Å²) in [6.07, 6.45) is -8.69. The molecule has 521 valence electrons. The Labute approximate surface area is 620 Å². The van der Waals surface area contributed by atoms with Crippen LogP contribution in [-0.2, 0) is 37.5 Å². The third kappa shape index (κ3) is 19.2. The van der Waals surface area contributed by atoms with Crippen LogP contribution in [0.4, 0.5) is 39.5 Å². The number of rotatable bonds is 12. The molecular weight excluding hydrogens is 1440 g/mol. The second-order valence-corrected chi connectivity index (χ2v) is 22.2. The van der Waals surface area contributed by atoms with Crippen LogP contribution in [0.2, 0.25) is 0 Å². The van der Waals surface area contributed by atoms with Gasteiger partial charge < -0.3 is 45.0 Å². The molecule has 0 saturated carbocycles. The molecule has 3 aromatic heterocycles. The molecular formula is C75H52BBrF9N7NaO10. The number of alkyl halides is 9. The topological polar surface area (TPSA) is 255 Å². The first-order valence-corrected chi connectivity index (χ1v) is 29.9. The molecule has 0 atom stereocenters. The van der Waals surface area contributed by atoms with Crippen molar-refractivity contribution in [1.29, 1.82) is 15.8 Å². The largest absolute Gasteiger partial charge is 1.00 e. The van der Waals surface area contributed by atoms with E-state index in [1.54, 1.807) is 102 Å². The molecule has 9 aromatic carbocycles. The first-order chi connectivity index (χ1) is 48.0. The van der Waals surface area contributed by atoms with Crippen LogP contribution in [-0.4, -0.2) is 73.5 Å². The van der Waals surface area contributed by atoms with Gasteiger partial charge in [-0.25, -0.2) is 14.4 Å². The summed E-state index contributed by atoms with van der Waals surface area (Å²) in [5.74, 6) is -2.60. The molecule has 3 radical (unpaired) electrons. The number of esters is 3. The fourth-order valence-electron chi connectivity index (χ4n) is 10.1. The van der Waals surface area contributed by atoms with Crippen molar-refractivity contribution in [3.05, 3.63) is 273 Å². The fraction of sp³-hybridized carbons (Fsp3) is 0.0933. The zero-order valence-electron chi connectivity index (χ0n) is 55.0. The van der Waals surface area contributed by atoms with E-state index in [1.807, 2.05) is 41.2 Å². The normalized spacial score (nSPS) is 10.7. The Morgan fingerprint density at radius 1 is 0.481 bits per heavy atom. The molecule has 0 aliphatic heterocycles. The second-order valence-electron chi connectivity index (χ2n) is 21.3. The van der Waals surface area contributed by atoms with Gasteiger partial charge in [-0.2, -0.15) is 55.3 Å². The number of amides is 1. The number of ketones is 1. The Balaban J connectivity index is 0.000000264. The smallest absolute Gasteiger partial charge is 1.00 e. The molecule has 0 bridgehead atoms. The molecule has 0 fully saturated rings. The van der Waals surface area contributed by atoms with Crippen molar-refractivity contribution in [3.63, 3.8) is 0 Å². The molecule has 29 heteroatoms. The number of carbonyl (C=O) groups is 5. The van der Waals surface area contributed by atoms with Crippen LogP contribution in [0.25, 0.3) is 55.2 Å². The van der Waals surface area contributed by atoms with Gasteiger partial charge in [-0.15, -0.1) is 0 Å². The standard InChI is InChI=1S/C26H16F3N3O5.C24H15F3N2O3.C14H7BrF3N.C10H9NO2.CH4.B.Na.H/c1-36-25(35)14-2-8-19-20(23(33)24(31)34)13-32(22(19)11-14)16-3-5-17(6-4-16)37-18-7-9-21(26(27,28)29)15(10-18)12-30;1-31-23(30)16-3-2-15-10-11-29(22(15)13-16)18-4-6-19(7-5-18)32-20-8-9-21(24(25,26)27)17(12-20)14-28;15-12-4-1-9(2-5-12)10-3-6-13(14(16,17)18)11(7-10)8-19;1-13-10(12)8-3-2-7-4-5-11-9(7)6-8;;;;/h2-11,13H,1H3,(H2,31,34);2-13H,1H3;1-7H;2-6,11H,1H3;1H4;;;/q;;;;;;+1;-1. The van der Waals surface area contributed by atoms with Gasteiger partial charge in [0.15, 0.2) is 0 Å². The van der Waals surface area contributed by atoms with Gasteiger partial charge in [0.2, 0.25) is 0 Å². The van der Waals surface area contributed by atoms with E-state index in [0.29, 0.717) is 39.0 Å². The Morgan fingerprint density at radius 2 is 0.894 bits per heavy atom. The first-order valence-electron chi connectivity index (χ1n) is 29.1. The van der Waals surface area contributed by atoms with Gasteiger partial charge >= 0.3 is 66.0 Å². The number of methoxy groups -OCH3 is 3. The molecule has 1 amide bonds. The number of nitrogens with one attached hydrogen (secondary N) is 1. The molecule has 0 aliphatic carbocycles. The average Bonchev–Trinajstić information content (AvgIpc) is 1.62. The maximum absolute atomic E-state index is 13.0. The number of primary amides is 1. The van der Waals surface area contributed by atoms with Gasteiger partial charge in [0.05, 0.1) is 106 Å². The van der Waals surface area contributed by atoms with E-state index in [-0.39, 0.29) is 86.7 Å². The number of halogens is 10. The number of nitrogens with zero attached hydrogens (tertiary/aromatic N) is 5. The SMILES string of the molecule is C.COC(=O)c1ccc2c(C(=O)C(N)=O)cn(-c3ccc(Oc4ccc(C(F)(F)F)c(C#N)c4)cc3)c2c1.COC(=O)c1ccc2cc[nH]c2c1.COC(=O)c1ccc2ccn(-c3ccc(Oc4ccc(C(F)(F)F)c(C#N)c4)cc3)c2c1.N#Cc1cc(-c2ccc(Br)cc2)ccc1C(F)(F)F.[B].[H-].[Na+]. The molecule has 3 heterocycles. The fourth-order valence-corrected chi connectivity index (χ4v) is 10.3. The predicted molar refractivity (Wildman–Crippen MR) is 368 cm³/mol. The minimum Gasteiger partial charge on any atom is -1.00 e. The minimum absolute atomic E-state index is 0. The van der Waals surface area contributed by atoms with Crippen LogP contribution in [0, 0.1) is 34.0 Å². The number of ether oxygens (including phenoxy) is 5. The van der Waals surface area contributed by atoms with E-state index >= 15 is 0 Å². The third-order valence-corrected chi connectivity index (χ3v) is 15.5. The van der Waals surface area contributed by atoms with E-state index in [4.69, 9.17) is 40.5 Å². The van der Waals surface area contributed by atoms with Gasteiger partial charge in [0.1, 0.15) is 23.0 Å². The number of aromatic nitrogens is 3. The molecule has 12 rings (SSSR count). The van der Waals surface area contributed by atoms with E-state index in [2.05, 4.69) is 25.7 Å². The summed E-state index contributed by atoms with van der Waals surface area (Å²) >= 11 is 3.28. The number of nitrogens with two attached hydrogens (primary N) is 1. The van der Waals surface area contributed by atoms with Crippen molar-refractivity contribution in [2.24, 2.45) is 5.73 Å². The van der Waals surface area contributed by atoms with Crippen molar-refractivity contribution in [1.82, 2.24) is 14.1 Å². The minimum atomic E-state index is -4.67. The second kappa shape index (κ2) is 34.7. The summed E-state index contributed by atoms with van der Waals surface area (Å²) in [6, 6.07) is 53.3. The van der Waals surface area contributed by atoms with Crippen LogP contribution in [0.15, 0.2) is 217 Å². The third-order valence-electron chi connectivity index (χ3n) is 14.9. The van der Waals surface area contributed by atoms with Crippen LogP contribution < -0.4 is 44.8 Å². The van der Waals surface area contributed by atoms with E-state index < -0.39 is 70.0 Å². The van der Waals surface area contributed by atoms with Gasteiger partial charge in [-0.1, -0.05) is 59.8 Å². The molecule has 0 aliphatic rings. The van der Waals surface area contributed by atoms with Crippen LogP contribution in [0.3, 0.4) is 0 Å². The van der Waals surface area contributed by atoms with Crippen molar-refractivity contribution in [2.45, 2.75) is 26.0 Å². The van der Waals surface area contributed by atoms with Crippen molar-refractivity contribution in [2.75, 3.05) is 21.3 Å². The Hall–Kier alpha value is -11.9. The van der Waals surface area contributed by atoms with Gasteiger partial charge in [-0.3, -0.25) is 9.59 Å². The van der Waals surface area contributed by atoms with Crippen LogP contribution >= 0.6 is 15.9 Å². The Kier molecular flexibility index (Phi) is 27.0. The number of H-pyrrole nitrogens is 1. The number of nitriles is 3. The van der Waals surface area contributed by atoms with Crippen molar-refractivity contribution in [3.8, 4) is 63.7 Å². The van der Waals surface area contributed by atoms with Crippen molar-refractivity contribution < 1.29 is 118 Å². The van der Waals surface area contributed by atoms with E-state index in [0.717, 1.165) is 73.9 Å². The van der Waals surface area contributed by atoms with Gasteiger partial charge in [0.25, 0.3) is 11.7 Å². The number of benzene rings is 9. The summed E-state index contributed by atoms with van der Waals surface area (Å²) in [6.45, 7) is 0. The Bertz CT molecular complexity index is 5300. The molecule has 0 unspecified atom stereocenters. The van der Waals surface area contributed by atoms with Crippen LogP contribution in [0.1, 0.15) is 83.7 Å². The monoisotopic (exact) mass is 1490 g/mol. The van der Waals surface area contributed by atoms with Gasteiger partial charge in [0, 0.05) is 53.8 Å². The van der Waals surface area contributed by atoms with E-state index in [1.165, 1.54) is 82.1 Å². The van der Waals surface area contributed by atoms with Crippen LogP contribution in [0.5, 0.6) is 23.0 Å². The molecule has 0 saturated heterocycles. The molecule has 12 aromatic rings.